The van der Waals surface area contributed by atoms with Crippen LogP contribution in [0, 0.1) is 5.92 Å². The number of hydrogen-bond donors (Lipinski definition) is 1. The lowest BCUT2D eigenvalue weighted by Crippen LogP contribution is -2.32. The van der Waals surface area contributed by atoms with Gasteiger partial charge in [0.1, 0.15) is 0 Å². The van der Waals surface area contributed by atoms with E-state index in [-0.39, 0.29) is 18.4 Å². The molecule has 1 N–H and O–H groups in total. The first-order chi connectivity index (χ1) is 5.25. The monoisotopic (exact) mass is 157 g/mol. The molecule has 11 heavy (non-hydrogen) atoms. The first kappa shape index (κ1) is 8.53. The molecule has 0 bridgehead atoms. The molecule has 1 heterocycles. The Hall–Kier alpha value is -0.570. The summed E-state index contributed by atoms with van der Waals surface area (Å²) in [6.45, 7) is 0.846. The van der Waals surface area contributed by atoms with Gasteiger partial charge in [-0.15, -0.1) is 0 Å². The predicted octanol–water partition coefficient (Wildman–Crippen LogP) is 0.237. The maximum atomic E-state index is 11.3. The van der Waals surface area contributed by atoms with Gasteiger partial charge in [0.15, 0.2) is 0 Å². The van der Waals surface area contributed by atoms with Gasteiger partial charge in [-0.3, -0.25) is 4.79 Å². The largest absolute Gasteiger partial charge is 0.396 e. The highest BCUT2D eigenvalue weighted by Crippen LogP contribution is 2.15. The van der Waals surface area contributed by atoms with Crippen molar-refractivity contribution in [3.05, 3.63) is 0 Å². The molecule has 1 aliphatic rings. The molecule has 64 valence electrons. The van der Waals surface area contributed by atoms with Crippen LogP contribution in [0.5, 0.6) is 0 Å². The maximum Gasteiger partial charge on any atom is 0.227 e. The number of carbonyl (C=O) groups is 1. The van der Waals surface area contributed by atoms with Crippen molar-refractivity contribution in [3.8, 4) is 0 Å². The number of rotatable bonds is 1. The molecule has 1 atom stereocenters. The molecule has 0 aliphatic carbocycles. The van der Waals surface area contributed by atoms with Gasteiger partial charge in [0, 0.05) is 13.6 Å². The van der Waals surface area contributed by atoms with Gasteiger partial charge in [-0.25, -0.2) is 0 Å². The van der Waals surface area contributed by atoms with Crippen molar-refractivity contribution in [1.29, 1.82) is 0 Å². The van der Waals surface area contributed by atoms with Crippen molar-refractivity contribution >= 4 is 5.91 Å². The zero-order valence-electron chi connectivity index (χ0n) is 6.92. The first-order valence-electron chi connectivity index (χ1n) is 4.11. The fraction of sp³-hybridized carbons (Fsp3) is 0.875. The van der Waals surface area contributed by atoms with Crippen molar-refractivity contribution in [3.63, 3.8) is 0 Å². The van der Waals surface area contributed by atoms with Gasteiger partial charge in [-0.2, -0.15) is 0 Å². The third-order valence-corrected chi connectivity index (χ3v) is 2.24. The molecule has 0 aromatic rings. The lowest BCUT2D eigenvalue weighted by molar-refractivity contribution is -0.134. The Balaban J connectivity index is 2.56. The highest BCUT2D eigenvalue weighted by atomic mass is 16.3. The molecular formula is C8H15NO2. The number of likely N-dealkylation sites (tertiary alicyclic amines) is 1. The summed E-state index contributed by atoms with van der Waals surface area (Å²) in [5.74, 6) is -0.0347. The van der Waals surface area contributed by atoms with Crippen LogP contribution >= 0.6 is 0 Å². The molecule has 1 fully saturated rings. The van der Waals surface area contributed by atoms with Crippen LogP contribution in [-0.2, 0) is 4.79 Å². The zero-order valence-corrected chi connectivity index (χ0v) is 6.92. The summed E-state index contributed by atoms with van der Waals surface area (Å²) in [5.41, 5.74) is 0. The van der Waals surface area contributed by atoms with Gasteiger partial charge in [0.25, 0.3) is 0 Å². The van der Waals surface area contributed by atoms with Crippen molar-refractivity contribution in [2.75, 3.05) is 20.2 Å². The summed E-state index contributed by atoms with van der Waals surface area (Å²) in [5, 5.41) is 8.86. The van der Waals surface area contributed by atoms with Gasteiger partial charge in [-0.1, -0.05) is 6.42 Å². The van der Waals surface area contributed by atoms with Gasteiger partial charge in [-0.05, 0) is 12.8 Å². The van der Waals surface area contributed by atoms with E-state index in [2.05, 4.69) is 0 Å². The third-order valence-electron chi connectivity index (χ3n) is 2.24. The summed E-state index contributed by atoms with van der Waals surface area (Å²) in [6, 6.07) is 0. The molecule has 0 radical (unpaired) electrons. The molecule has 0 saturated carbocycles. The van der Waals surface area contributed by atoms with Gasteiger partial charge < -0.3 is 10.0 Å². The van der Waals surface area contributed by atoms with Gasteiger partial charge >= 0.3 is 0 Å². The van der Waals surface area contributed by atoms with Crippen LogP contribution in [0.4, 0.5) is 0 Å². The normalized spacial score (nSPS) is 26.9. The van der Waals surface area contributed by atoms with Crippen LogP contribution < -0.4 is 0 Å². The average molecular weight is 157 g/mol. The third kappa shape index (κ3) is 1.93. The number of aliphatic hydroxyl groups excluding tert-OH is 1. The second-order valence-electron chi connectivity index (χ2n) is 3.14. The molecular weight excluding hydrogens is 142 g/mol. The number of aliphatic hydroxyl groups is 1. The van der Waals surface area contributed by atoms with Crippen molar-refractivity contribution in [1.82, 2.24) is 4.90 Å². The highest BCUT2D eigenvalue weighted by Gasteiger charge is 2.23. The number of carbonyl (C=O) groups excluding carboxylic acids is 1. The number of hydrogen-bond acceptors (Lipinski definition) is 2. The molecule has 0 aromatic heterocycles. The molecule has 1 aliphatic heterocycles. The van der Waals surface area contributed by atoms with Crippen LogP contribution in [0.25, 0.3) is 0 Å². The van der Waals surface area contributed by atoms with Gasteiger partial charge in [0.2, 0.25) is 5.91 Å². The maximum absolute atomic E-state index is 11.3. The molecule has 1 saturated heterocycles. The Kier molecular flexibility index (Phi) is 2.88. The molecule has 3 heteroatoms. The van der Waals surface area contributed by atoms with Crippen LogP contribution in [0.1, 0.15) is 19.3 Å². The summed E-state index contributed by atoms with van der Waals surface area (Å²) in [4.78, 5) is 13.1. The van der Waals surface area contributed by atoms with E-state index >= 15 is 0 Å². The Bertz CT molecular complexity index is 147. The van der Waals surface area contributed by atoms with E-state index in [0.29, 0.717) is 0 Å². The second kappa shape index (κ2) is 3.72. The summed E-state index contributed by atoms with van der Waals surface area (Å²) < 4.78 is 0. The molecule has 1 rings (SSSR count). The highest BCUT2D eigenvalue weighted by molar-refractivity contribution is 5.78. The fourth-order valence-corrected chi connectivity index (χ4v) is 1.45. The predicted molar refractivity (Wildman–Crippen MR) is 42.1 cm³/mol. The smallest absolute Gasteiger partial charge is 0.227 e. The number of amides is 1. The minimum Gasteiger partial charge on any atom is -0.396 e. The Labute approximate surface area is 67.0 Å². The minimum absolute atomic E-state index is 0.00315. The van der Waals surface area contributed by atoms with E-state index < -0.39 is 0 Å². The van der Waals surface area contributed by atoms with Crippen LogP contribution in [-0.4, -0.2) is 36.1 Å². The Morgan fingerprint density at radius 2 is 2.36 bits per heavy atom. The summed E-state index contributed by atoms with van der Waals surface area (Å²) in [7, 11) is 1.80. The molecule has 0 spiro atoms. The van der Waals surface area contributed by atoms with Gasteiger partial charge in [0.05, 0.1) is 12.5 Å². The van der Waals surface area contributed by atoms with E-state index in [1.165, 1.54) is 0 Å². The van der Waals surface area contributed by atoms with E-state index in [1.807, 2.05) is 0 Å². The molecule has 3 nitrogen and oxygen atoms in total. The van der Waals surface area contributed by atoms with Crippen molar-refractivity contribution in [2.45, 2.75) is 19.3 Å². The van der Waals surface area contributed by atoms with Crippen molar-refractivity contribution < 1.29 is 9.90 Å². The lowest BCUT2D eigenvalue weighted by Gasteiger charge is -2.17. The molecule has 1 amide bonds. The molecule has 0 aromatic carbocycles. The van der Waals surface area contributed by atoms with E-state index in [1.54, 1.807) is 11.9 Å². The van der Waals surface area contributed by atoms with Crippen LogP contribution in [0.3, 0.4) is 0 Å². The first-order valence-corrected chi connectivity index (χ1v) is 4.11. The lowest BCUT2D eigenvalue weighted by atomic mass is 10.0. The summed E-state index contributed by atoms with van der Waals surface area (Å²) >= 11 is 0. The molecule has 0 unspecified atom stereocenters. The van der Waals surface area contributed by atoms with E-state index in [4.69, 9.17) is 5.11 Å². The van der Waals surface area contributed by atoms with E-state index in [0.717, 1.165) is 25.8 Å². The SMILES string of the molecule is CN1CCCC[C@@H](CO)C1=O. The second-order valence-corrected chi connectivity index (χ2v) is 3.14. The van der Waals surface area contributed by atoms with E-state index in [9.17, 15) is 4.79 Å². The topological polar surface area (TPSA) is 40.5 Å². The fourth-order valence-electron chi connectivity index (χ4n) is 1.45. The number of nitrogens with zero attached hydrogens (tertiary/aromatic N) is 1. The Morgan fingerprint density at radius 3 is 3.00 bits per heavy atom. The van der Waals surface area contributed by atoms with Crippen molar-refractivity contribution in [2.24, 2.45) is 5.92 Å². The minimum atomic E-state index is -0.137. The van der Waals surface area contributed by atoms with Crippen LogP contribution in [0.2, 0.25) is 0 Å². The zero-order chi connectivity index (χ0) is 8.27. The summed E-state index contributed by atoms with van der Waals surface area (Å²) in [6.07, 6.45) is 2.97. The van der Waals surface area contributed by atoms with Crippen LogP contribution in [0.15, 0.2) is 0 Å². The average Bonchev–Trinajstić information content (AvgIpc) is 2.16. The quantitative estimate of drug-likeness (QED) is 0.592. The Morgan fingerprint density at radius 1 is 1.64 bits per heavy atom. The standard InChI is InChI=1S/C8H15NO2/c1-9-5-3-2-4-7(6-10)8(9)11/h7,10H,2-6H2,1H3/t7-/m0/s1.